The number of rotatable bonds is 5. The zero-order valence-corrected chi connectivity index (χ0v) is 12.7. The number of hydrogen-bond donors (Lipinski definition) is 1. The summed E-state index contributed by atoms with van der Waals surface area (Å²) < 4.78 is 1.24. The predicted molar refractivity (Wildman–Crippen MR) is 78.0 cm³/mol. The smallest absolute Gasteiger partial charge is 0.297 e. The molecular weight excluding hydrogens is 272 g/mol. The Morgan fingerprint density at radius 1 is 1.33 bits per heavy atom. The summed E-state index contributed by atoms with van der Waals surface area (Å²) in [6.45, 7) is 6.27. The Balaban J connectivity index is 3.16. The molecule has 1 unspecified atom stereocenters. The number of hydrogen-bond acceptors (Lipinski definition) is 3. The van der Waals surface area contributed by atoms with Crippen molar-refractivity contribution in [3.63, 3.8) is 0 Å². The summed E-state index contributed by atoms with van der Waals surface area (Å²) >= 11 is 7.63. The van der Waals surface area contributed by atoms with E-state index in [2.05, 4.69) is 11.9 Å². The topological polar surface area (TPSA) is 54.9 Å². The molecule has 4 nitrogen and oxygen atoms in total. The lowest BCUT2D eigenvalue weighted by molar-refractivity contribution is 0.578. The summed E-state index contributed by atoms with van der Waals surface area (Å²) in [7, 11) is 0. The second-order valence-electron chi connectivity index (χ2n) is 4.60. The highest BCUT2D eigenvalue weighted by molar-refractivity contribution is 7.99. The van der Waals surface area contributed by atoms with Gasteiger partial charge in [0.1, 0.15) is 5.15 Å². The molecular formula is C12H19ClN2O2S. The Labute approximate surface area is 116 Å². The Bertz CT molecular complexity index is 522. The van der Waals surface area contributed by atoms with Crippen molar-refractivity contribution in [2.75, 3.05) is 6.26 Å². The van der Waals surface area contributed by atoms with Gasteiger partial charge < -0.3 is 0 Å². The number of H-pyrrole nitrogens is 1. The van der Waals surface area contributed by atoms with Gasteiger partial charge in [0.05, 0.1) is 5.56 Å². The lowest BCUT2D eigenvalue weighted by Gasteiger charge is -2.12. The van der Waals surface area contributed by atoms with Crippen molar-refractivity contribution in [1.29, 1.82) is 0 Å². The number of aromatic nitrogens is 2. The van der Waals surface area contributed by atoms with Crippen LogP contribution in [-0.2, 0) is 6.54 Å². The van der Waals surface area contributed by atoms with E-state index in [1.54, 1.807) is 11.8 Å². The molecule has 0 amide bonds. The second-order valence-corrected chi connectivity index (χ2v) is 6.26. The summed E-state index contributed by atoms with van der Waals surface area (Å²) in [4.78, 5) is 26.5. The first-order chi connectivity index (χ1) is 8.38. The molecule has 1 heterocycles. The van der Waals surface area contributed by atoms with Crippen LogP contribution in [0.1, 0.15) is 38.7 Å². The Kier molecular flexibility index (Phi) is 5.53. The Hall–Kier alpha value is -0.680. The van der Waals surface area contributed by atoms with Crippen LogP contribution in [-0.4, -0.2) is 21.1 Å². The molecule has 1 rings (SSSR count). The van der Waals surface area contributed by atoms with E-state index in [1.165, 1.54) is 4.57 Å². The van der Waals surface area contributed by atoms with Crippen LogP contribution in [0.3, 0.4) is 0 Å². The summed E-state index contributed by atoms with van der Waals surface area (Å²) in [6, 6.07) is 0. The van der Waals surface area contributed by atoms with E-state index in [0.717, 1.165) is 6.42 Å². The van der Waals surface area contributed by atoms with Crippen LogP contribution in [0.25, 0.3) is 0 Å². The molecule has 1 N–H and O–H groups in total. The standard InChI is InChI=1S/C12H19ClN2O2S/c1-7(2)9-10(13)14-12(17)15(11(9)16)6-5-8(3)18-4/h7-8H,5-6H2,1-4H3,(H,14,17). The van der Waals surface area contributed by atoms with Crippen LogP contribution in [0, 0.1) is 0 Å². The fourth-order valence-corrected chi connectivity index (χ4v) is 2.41. The van der Waals surface area contributed by atoms with Gasteiger partial charge in [-0.05, 0) is 18.6 Å². The maximum absolute atomic E-state index is 12.2. The molecule has 0 fully saturated rings. The molecule has 0 saturated carbocycles. The van der Waals surface area contributed by atoms with Crippen molar-refractivity contribution in [3.05, 3.63) is 31.6 Å². The van der Waals surface area contributed by atoms with Gasteiger partial charge in [-0.2, -0.15) is 11.8 Å². The third kappa shape index (κ3) is 3.42. The van der Waals surface area contributed by atoms with Gasteiger partial charge in [-0.1, -0.05) is 32.4 Å². The van der Waals surface area contributed by atoms with E-state index in [-0.39, 0.29) is 16.6 Å². The molecule has 0 aliphatic rings. The average Bonchev–Trinajstić information content (AvgIpc) is 2.27. The number of nitrogens with one attached hydrogen (secondary N) is 1. The first-order valence-corrected chi connectivity index (χ1v) is 7.60. The predicted octanol–water partition coefficient (Wildman–Crippen LogP) is 2.46. The maximum Gasteiger partial charge on any atom is 0.329 e. The lowest BCUT2D eigenvalue weighted by Crippen LogP contribution is -2.38. The fourth-order valence-electron chi connectivity index (χ4n) is 1.69. The van der Waals surface area contributed by atoms with Gasteiger partial charge in [-0.3, -0.25) is 14.3 Å². The van der Waals surface area contributed by atoms with Crippen molar-refractivity contribution in [1.82, 2.24) is 9.55 Å². The number of halogens is 1. The van der Waals surface area contributed by atoms with Crippen LogP contribution >= 0.6 is 23.4 Å². The highest BCUT2D eigenvalue weighted by Crippen LogP contribution is 2.16. The molecule has 1 atom stereocenters. The van der Waals surface area contributed by atoms with Gasteiger partial charge in [0.2, 0.25) is 0 Å². The minimum absolute atomic E-state index is 0.00827. The monoisotopic (exact) mass is 290 g/mol. The van der Waals surface area contributed by atoms with Gasteiger partial charge in [-0.25, -0.2) is 4.79 Å². The van der Waals surface area contributed by atoms with E-state index in [9.17, 15) is 9.59 Å². The molecule has 6 heteroatoms. The second kappa shape index (κ2) is 6.48. The first-order valence-electron chi connectivity index (χ1n) is 5.93. The molecule has 18 heavy (non-hydrogen) atoms. The van der Waals surface area contributed by atoms with E-state index in [4.69, 9.17) is 11.6 Å². The van der Waals surface area contributed by atoms with Gasteiger partial charge in [0, 0.05) is 11.8 Å². The number of nitrogens with zero attached hydrogens (tertiary/aromatic N) is 1. The van der Waals surface area contributed by atoms with E-state index in [0.29, 0.717) is 17.4 Å². The summed E-state index contributed by atoms with van der Waals surface area (Å²) in [5, 5.41) is 0.573. The van der Waals surface area contributed by atoms with Crippen molar-refractivity contribution < 1.29 is 0 Å². The summed E-state index contributed by atoms with van der Waals surface area (Å²) in [5.74, 6) is -0.00827. The molecule has 1 aromatic heterocycles. The zero-order valence-electron chi connectivity index (χ0n) is 11.1. The molecule has 0 saturated heterocycles. The third-order valence-corrected chi connectivity index (χ3v) is 4.25. The van der Waals surface area contributed by atoms with Gasteiger partial charge >= 0.3 is 5.69 Å². The Morgan fingerprint density at radius 3 is 2.44 bits per heavy atom. The fraction of sp³-hybridized carbons (Fsp3) is 0.667. The van der Waals surface area contributed by atoms with Gasteiger partial charge in [0.25, 0.3) is 5.56 Å². The average molecular weight is 291 g/mol. The van der Waals surface area contributed by atoms with Gasteiger partial charge in [0.15, 0.2) is 0 Å². The molecule has 102 valence electrons. The van der Waals surface area contributed by atoms with Crippen molar-refractivity contribution in [2.24, 2.45) is 0 Å². The highest BCUT2D eigenvalue weighted by Gasteiger charge is 2.15. The minimum Gasteiger partial charge on any atom is -0.297 e. The van der Waals surface area contributed by atoms with Crippen LogP contribution in [0.15, 0.2) is 9.59 Å². The number of thioether (sulfide) groups is 1. The third-order valence-electron chi connectivity index (χ3n) is 2.91. The van der Waals surface area contributed by atoms with E-state index >= 15 is 0 Å². The van der Waals surface area contributed by atoms with Crippen LogP contribution < -0.4 is 11.2 Å². The molecule has 0 spiro atoms. The van der Waals surface area contributed by atoms with E-state index in [1.807, 2.05) is 20.1 Å². The minimum atomic E-state index is -0.428. The molecule has 1 aromatic rings. The van der Waals surface area contributed by atoms with Crippen molar-refractivity contribution >= 4 is 23.4 Å². The van der Waals surface area contributed by atoms with Crippen molar-refractivity contribution in [3.8, 4) is 0 Å². The molecule has 0 aliphatic heterocycles. The largest absolute Gasteiger partial charge is 0.329 e. The Morgan fingerprint density at radius 2 is 1.94 bits per heavy atom. The first kappa shape index (κ1) is 15.4. The normalized spacial score (nSPS) is 13.0. The molecule has 0 radical (unpaired) electrons. The van der Waals surface area contributed by atoms with Crippen LogP contribution in [0.4, 0.5) is 0 Å². The van der Waals surface area contributed by atoms with E-state index < -0.39 is 5.69 Å². The maximum atomic E-state index is 12.2. The quantitative estimate of drug-likeness (QED) is 0.848. The zero-order chi connectivity index (χ0) is 13.9. The molecule has 0 bridgehead atoms. The lowest BCUT2D eigenvalue weighted by atomic mass is 10.1. The number of aromatic amines is 1. The SMILES string of the molecule is CSC(C)CCn1c(=O)[nH]c(Cl)c(C(C)C)c1=O. The van der Waals surface area contributed by atoms with Gasteiger partial charge in [-0.15, -0.1) is 0 Å². The molecule has 0 aliphatic carbocycles. The molecule has 0 aromatic carbocycles. The summed E-state index contributed by atoms with van der Waals surface area (Å²) in [6.07, 6.45) is 2.79. The summed E-state index contributed by atoms with van der Waals surface area (Å²) in [5.41, 5.74) is -0.220. The van der Waals surface area contributed by atoms with Crippen LogP contribution in [0.5, 0.6) is 0 Å². The highest BCUT2D eigenvalue weighted by atomic mass is 35.5. The van der Waals surface area contributed by atoms with Crippen molar-refractivity contribution in [2.45, 2.75) is 44.9 Å². The van der Waals surface area contributed by atoms with Crippen LogP contribution in [0.2, 0.25) is 5.15 Å².